The fourth-order valence-electron chi connectivity index (χ4n) is 2.45. The third-order valence-electron chi connectivity index (χ3n) is 3.67. The van der Waals surface area contributed by atoms with E-state index in [4.69, 9.17) is 4.74 Å². The maximum Gasteiger partial charge on any atom is 0.322 e. The molecule has 0 spiro atoms. The van der Waals surface area contributed by atoms with E-state index in [1.807, 2.05) is 11.8 Å². The van der Waals surface area contributed by atoms with Crippen LogP contribution in [0.4, 0.5) is 11.9 Å². The molecule has 1 aromatic heterocycles. The number of aromatic nitrogens is 3. The predicted octanol–water partition coefficient (Wildman–Crippen LogP) is 2.79. The lowest BCUT2D eigenvalue weighted by Gasteiger charge is -2.28. The Balaban J connectivity index is 1.98. The zero-order valence-corrected chi connectivity index (χ0v) is 13.9. The van der Waals surface area contributed by atoms with Crippen molar-refractivity contribution in [1.82, 2.24) is 15.0 Å². The summed E-state index contributed by atoms with van der Waals surface area (Å²) in [6.07, 6.45) is 8.05. The lowest BCUT2D eigenvalue weighted by Crippen LogP contribution is -2.28. The molecule has 118 valence electrons. The van der Waals surface area contributed by atoms with Crippen LogP contribution in [0.25, 0.3) is 0 Å². The molecule has 6 nitrogen and oxygen atoms in total. The molecular formula is C14H25N5OS. The maximum atomic E-state index is 5.15. The topological polar surface area (TPSA) is 72.0 Å². The number of rotatable bonds is 7. The van der Waals surface area contributed by atoms with Gasteiger partial charge in [0.1, 0.15) is 0 Å². The van der Waals surface area contributed by atoms with Crippen LogP contribution in [0.15, 0.2) is 0 Å². The molecule has 1 aromatic rings. The van der Waals surface area contributed by atoms with Crippen molar-refractivity contribution in [3.05, 3.63) is 0 Å². The molecule has 1 fully saturated rings. The molecule has 0 aromatic carbocycles. The Morgan fingerprint density at radius 3 is 2.48 bits per heavy atom. The fourth-order valence-corrected chi connectivity index (χ4v) is 3.20. The van der Waals surface area contributed by atoms with Gasteiger partial charge < -0.3 is 15.4 Å². The van der Waals surface area contributed by atoms with E-state index in [-0.39, 0.29) is 0 Å². The van der Waals surface area contributed by atoms with Gasteiger partial charge in [0.05, 0.1) is 7.11 Å². The minimum Gasteiger partial charge on any atom is -0.467 e. The molecule has 1 heterocycles. The van der Waals surface area contributed by atoms with Crippen molar-refractivity contribution in [3.8, 4) is 6.01 Å². The summed E-state index contributed by atoms with van der Waals surface area (Å²) in [7, 11) is 1.58. The first-order valence-corrected chi connectivity index (χ1v) is 8.87. The Morgan fingerprint density at radius 1 is 1.14 bits per heavy atom. The molecule has 0 saturated heterocycles. The minimum absolute atomic E-state index is 0.351. The number of hydrogen-bond acceptors (Lipinski definition) is 7. The van der Waals surface area contributed by atoms with E-state index in [0.29, 0.717) is 23.9 Å². The SMILES string of the molecule is CCCNc1nc(NC2CCC(SC)CC2)nc(OC)n1. The highest BCUT2D eigenvalue weighted by atomic mass is 32.2. The van der Waals surface area contributed by atoms with E-state index in [0.717, 1.165) is 31.1 Å². The first-order chi connectivity index (χ1) is 10.2. The second-order valence-electron chi connectivity index (χ2n) is 5.25. The average Bonchev–Trinajstić information content (AvgIpc) is 2.53. The molecular weight excluding hydrogens is 286 g/mol. The Kier molecular flexibility index (Phi) is 6.35. The highest BCUT2D eigenvalue weighted by molar-refractivity contribution is 7.99. The van der Waals surface area contributed by atoms with Crippen LogP contribution < -0.4 is 15.4 Å². The normalized spacial score (nSPS) is 21.9. The number of hydrogen-bond donors (Lipinski definition) is 2. The quantitative estimate of drug-likeness (QED) is 0.802. The van der Waals surface area contributed by atoms with Crippen molar-refractivity contribution in [2.24, 2.45) is 0 Å². The second kappa shape index (κ2) is 8.26. The van der Waals surface area contributed by atoms with E-state index in [2.05, 4.69) is 38.8 Å². The molecule has 0 unspecified atom stereocenters. The summed E-state index contributed by atoms with van der Waals surface area (Å²) < 4.78 is 5.15. The van der Waals surface area contributed by atoms with Crippen LogP contribution >= 0.6 is 11.8 Å². The first kappa shape index (κ1) is 16.1. The van der Waals surface area contributed by atoms with Crippen LogP contribution in [0.3, 0.4) is 0 Å². The van der Waals surface area contributed by atoms with Crippen molar-refractivity contribution in [3.63, 3.8) is 0 Å². The molecule has 21 heavy (non-hydrogen) atoms. The van der Waals surface area contributed by atoms with Gasteiger partial charge >= 0.3 is 6.01 Å². The molecule has 7 heteroatoms. The Morgan fingerprint density at radius 2 is 1.86 bits per heavy atom. The summed E-state index contributed by atoms with van der Waals surface area (Å²) in [4.78, 5) is 12.9. The highest BCUT2D eigenvalue weighted by Gasteiger charge is 2.21. The highest BCUT2D eigenvalue weighted by Crippen LogP contribution is 2.28. The lowest BCUT2D eigenvalue weighted by molar-refractivity contribution is 0.378. The number of thioether (sulfide) groups is 1. The Bertz CT molecular complexity index is 437. The van der Waals surface area contributed by atoms with Crippen LogP contribution in [0.1, 0.15) is 39.0 Å². The van der Waals surface area contributed by atoms with Gasteiger partial charge in [-0.15, -0.1) is 0 Å². The third-order valence-corrected chi connectivity index (χ3v) is 4.81. The van der Waals surface area contributed by atoms with Gasteiger partial charge in [0.25, 0.3) is 0 Å². The van der Waals surface area contributed by atoms with Crippen molar-refractivity contribution in [2.45, 2.75) is 50.3 Å². The third kappa shape index (κ3) is 4.91. The monoisotopic (exact) mass is 311 g/mol. The summed E-state index contributed by atoms with van der Waals surface area (Å²) in [5, 5.41) is 7.41. The molecule has 1 aliphatic rings. The van der Waals surface area contributed by atoms with Gasteiger partial charge in [-0.2, -0.15) is 26.7 Å². The molecule has 0 radical (unpaired) electrons. The van der Waals surface area contributed by atoms with E-state index in [9.17, 15) is 0 Å². The Hall–Kier alpha value is -1.24. The summed E-state index contributed by atoms with van der Waals surface area (Å²) >= 11 is 1.97. The van der Waals surface area contributed by atoms with Crippen molar-refractivity contribution in [1.29, 1.82) is 0 Å². The molecule has 1 aliphatic carbocycles. The van der Waals surface area contributed by atoms with E-state index >= 15 is 0 Å². The van der Waals surface area contributed by atoms with E-state index in [1.165, 1.54) is 12.8 Å². The second-order valence-corrected chi connectivity index (χ2v) is 6.39. The Labute approximate surface area is 130 Å². The standard InChI is InChI=1S/C14H25N5OS/c1-4-9-15-12-17-13(19-14(18-12)20-2)16-10-5-7-11(21-3)8-6-10/h10-11H,4-9H2,1-3H3,(H2,15,16,17,18,19). The summed E-state index contributed by atoms with van der Waals surface area (Å²) in [5.74, 6) is 1.18. The van der Waals surface area contributed by atoms with Crippen molar-refractivity contribution >= 4 is 23.7 Å². The lowest BCUT2D eigenvalue weighted by atomic mass is 9.95. The van der Waals surface area contributed by atoms with Crippen LogP contribution in [0, 0.1) is 0 Å². The van der Waals surface area contributed by atoms with Gasteiger partial charge in [-0.05, 0) is 38.4 Å². The van der Waals surface area contributed by atoms with Gasteiger partial charge in [-0.1, -0.05) is 6.92 Å². The molecule has 0 aliphatic heterocycles. The minimum atomic E-state index is 0.351. The van der Waals surface area contributed by atoms with Crippen LogP contribution in [0.5, 0.6) is 6.01 Å². The molecule has 0 amide bonds. The van der Waals surface area contributed by atoms with Gasteiger partial charge in [0, 0.05) is 17.8 Å². The number of nitrogens with one attached hydrogen (secondary N) is 2. The molecule has 0 bridgehead atoms. The van der Waals surface area contributed by atoms with Gasteiger partial charge in [0.2, 0.25) is 11.9 Å². The number of anilines is 2. The maximum absolute atomic E-state index is 5.15. The van der Waals surface area contributed by atoms with Crippen molar-refractivity contribution < 1.29 is 4.74 Å². The fraction of sp³-hybridized carbons (Fsp3) is 0.786. The molecule has 1 saturated carbocycles. The molecule has 2 N–H and O–H groups in total. The number of nitrogens with zero attached hydrogens (tertiary/aromatic N) is 3. The summed E-state index contributed by atoms with van der Waals surface area (Å²) in [6.45, 7) is 2.94. The van der Waals surface area contributed by atoms with E-state index < -0.39 is 0 Å². The van der Waals surface area contributed by atoms with Crippen LogP contribution in [-0.4, -0.2) is 46.2 Å². The predicted molar refractivity (Wildman–Crippen MR) is 88.3 cm³/mol. The van der Waals surface area contributed by atoms with Gasteiger partial charge in [-0.3, -0.25) is 0 Å². The average molecular weight is 311 g/mol. The van der Waals surface area contributed by atoms with E-state index in [1.54, 1.807) is 7.11 Å². The smallest absolute Gasteiger partial charge is 0.322 e. The molecule has 2 rings (SSSR count). The summed E-state index contributed by atoms with van der Waals surface area (Å²) in [6, 6.07) is 0.795. The number of ether oxygens (including phenoxy) is 1. The van der Waals surface area contributed by atoms with Gasteiger partial charge in [0.15, 0.2) is 0 Å². The zero-order chi connectivity index (χ0) is 15.1. The summed E-state index contributed by atoms with van der Waals surface area (Å²) in [5.41, 5.74) is 0. The van der Waals surface area contributed by atoms with Crippen LogP contribution in [-0.2, 0) is 0 Å². The molecule has 0 atom stereocenters. The van der Waals surface area contributed by atoms with Gasteiger partial charge in [-0.25, -0.2) is 0 Å². The largest absolute Gasteiger partial charge is 0.467 e. The van der Waals surface area contributed by atoms with Crippen LogP contribution in [0.2, 0.25) is 0 Å². The number of methoxy groups -OCH3 is 1. The van der Waals surface area contributed by atoms with Crippen molar-refractivity contribution in [2.75, 3.05) is 30.5 Å². The first-order valence-electron chi connectivity index (χ1n) is 7.58. The zero-order valence-electron chi connectivity index (χ0n) is 13.1.